The topological polar surface area (TPSA) is 63.8 Å². The first-order valence-electron chi connectivity index (χ1n) is 6.22. The SMILES string of the molecule is O=C(O)c1cn2cccc(OCc3cccc(F)c3)c2n1. The van der Waals surface area contributed by atoms with Crippen molar-refractivity contribution in [2.75, 3.05) is 0 Å². The number of imidazole rings is 1. The van der Waals surface area contributed by atoms with Gasteiger partial charge in [0.1, 0.15) is 12.4 Å². The Bertz CT molecular complexity index is 814. The molecule has 0 aliphatic carbocycles. The van der Waals surface area contributed by atoms with Gasteiger partial charge in [0.2, 0.25) is 0 Å². The van der Waals surface area contributed by atoms with E-state index in [4.69, 9.17) is 9.84 Å². The zero-order valence-corrected chi connectivity index (χ0v) is 10.9. The molecule has 0 unspecified atom stereocenters. The number of hydrogen-bond donors (Lipinski definition) is 1. The molecule has 0 spiro atoms. The Morgan fingerprint density at radius 1 is 1.33 bits per heavy atom. The summed E-state index contributed by atoms with van der Waals surface area (Å²) in [5, 5.41) is 8.96. The van der Waals surface area contributed by atoms with E-state index in [1.54, 1.807) is 34.9 Å². The number of nitrogens with zero attached hydrogens (tertiary/aromatic N) is 2. The summed E-state index contributed by atoms with van der Waals surface area (Å²) in [6.45, 7) is 0.173. The third-order valence-corrected chi connectivity index (χ3v) is 2.95. The van der Waals surface area contributed by atoms with Crippen LogP contribution in [-0.4, -0.2) is 20.5 Å². The second kappa shape index (κ2) is 5.24. The molecule has 0 radical (unpaired) electrons. The molecule has 0 saturated carbocycles. The minimum Gasteiger partial charge on any atom is -0.485 e. The van der Waals surface area contributed by atoms with Crippen LogP contribution in [0.4, 0.5) is 4.39 Å². The molecule has 2 aromatic heterocycles. The normalized spacial score (nSPS) is 10.7. The zero-order valence-electron chi connectivity index (χ0n) is 10.9. The number of ether oxygens (including phenoxy) is 1. The highest BCUT2D eigenvalue weighted by atomic mass is 19.1. The number of aromatic nitrogens is 2. The van der Waals surface area contributed by atoms with Crippen molar-refractivity contribution in [1.82, 2.24) is 9.38 Å². The van der Waals surface area contributed by atoms with E-state index in [1.165, 1.54) is 18.3 Å². The van der Waals surface area contributed by atoms with Crippen LogP contribution < -0.4 is 4.74 Å². The Morgan fingerprint density at radius 3 is 2.95 bits per heavy atom. The van der Waals surface area contributed by atoms with E-state index in [2.05, 4.69) is 4.98 Å². The fourth-order valence-electron chi connectivity index (χ4n) is 1.99. The highest BCUT2D eigenvalue weighted by Gasteiger charge is 2.12. The van der Waals surface area contributed by atoms with E-state index >= 15 is 0 Å². The van der Waals surface area contributed by atoms with Crippen molar-refractivity contribution >= 4 is 11.6 Å². The molecule has 0 amide bonds. The fraction of sp³-hybridized carbons (Fsp3) is 0.0667. The van der Waals surface area contributed by atoms with Crippen molar-refractivity contribution in [3.05, 3.63) is 65.9 Å². The number of halogens is 1. The van der Waals surface area contributed by atoms with Gasteiger partial charge in [-0.05, 0) is 29.8 Å². The molecule has 0 fully saturated rings. The molecule has 0 bridgehead atoms. The highest BCUT2D eigenvalue weighted by Crippen LogP contribution is 2.20. The van der Waals surface area contributed by atoms with E-state index in [0.717, 1.165) is 0 Å². The molecule has 6 heteroatoms. The van der Waals surface area contributed by atoms with Gasteiger partial charge in [-0.1, -0.05) is 12.1 Å². The number of aromatic carboxylic acids is 1. The molecule has 0 saturated heterocycles. The number of carbonyl (C=O) groups is 1. The van der Waals surface area contributed by atoms with Gasteiger partial charge in [-0.15, -0.1) is 0 Å². The molecular formula is C15H11FN2O3. The summed E-state index contributed by atoms with van der Waals surface area (Å²) in [5.74, 6) is -0.993. The van der Waals surface area contributed by atoms with Crippen molar-refractivity contribution in [2.24, 2.45) is 0 Å². The molecule has 3 aromatic rings. The lowest BCUT2D eigenvalue weighted by atomic mass is 10.2. The number of fused-ring (bicyclic) bond motifs is 1. The molecule has 3 rings (SSSR count). The van der Waals surface area contributed by atoms with Crippen LogP contribution in [0, 0.1) is 5.82 Å². The predicted molar refractivity (Wildman–Crippen MR) is 72.9 cm³/mol. The summed E-state index contributed by atoms with van der Waals surface area (Å²) in [5.41, 5.74) is 1.03. The van der Waals surface area contributed by atoms with Crippen LogP contribution in [-0.2, 0) is 6.61 Å². The molecule has 0 aliphatic rings. The summed E-state index contributed by atoms with van der Waals surface area (Å²) >= 11 is 0. The quantitative estimate of drug-likeness (QED) is 0.801. The lowest BCUT2D eigenvalue weighted by molar-refractivity contribution is 0.0691. The van der Waals surface area contributed by atoms with Crippen molar-refractivity contribution in [3.63, 3.8) is 0 Å². The van der Waals surface area contributed by atoms with E-state index in [9.17, 15) is 9.18 Å². The maximum absolute atomic E-state index is 13.1. The maximum Gasteiger partial charge on any atom is 0.356 e. The third kappa shape index (κ3) is 2.69. The molecule has 0 aliphatic heterocycles. The average Bonchev–Trinajstić information content (AvgIpc) is 2.90. The standard InChI is InChI=1S/C15H11FN2O3/c16-11-4-1-3-10(7-11)9-21-13-5-2-6-18-8-12(15(19)20)17-14(13)18/h1-8H,9H2,(H,19,20). The van der Waals surface area contributed by atoms with E-state index in [-0.39, 0.29) is 18.1 Å². The monoisotopic (exact) mass is 286 g/mol. The van der Waals surface area contributed by atoms with Crippen LogP contribution in [0.25, 0.3) is 5.65 Å². The number of carboxylic acids is 1. The molecule has 5 nitrogen and oxygen atoms in total. The largest absolute Gasteiger partial charge is 0.485 e. The average molecular weight is 286 g/mol. The maximum atomic E-state index is 13.1. The van der Waals surface area contributed by atoms with Crippen LogP contribution in [0.15, 0.2) is 48.8 Å². The number of benzene rings is 1. The molecule has 0 atom stereocenters. The van der Waals surface area contributed by atoms with Gasteiger partial charge in [0.15, 0.2) is 17.1 Å². The second-order valence-electron chi connectivity index (χ2n) is 4.45. The Kier molecular flexibility index (Phi) is 3.27. The number of hydrogen-bond acceptors (Lipinski definition) is 3. The predicted octanol–water partition coefficient (Wildman–Crippen LogP) is 2.75. The fourth-order valence-corrected chi connectivity index (χ4v) is 1.99. The summed E-state index contributed by atoms with van der Waals surface area (Å²) in [7, 11) is 0. The van der Waals surface area contributed by atoms with Crippen LogP contribution in [0.2, 0.25) is 0 Å². The smallest absolute Gasteiger partial charge is 0.356 e. The van der Waals surface area contributed by atoms with Gasteiger partial charge in [0, 0.05) is 12.4 Å². The van der Waals surface area contributed by atoms with Gasteiger partial charge in [0.05, 0.1) is 0 Å². The molecule has 2 heterocycles. The molecule has 21 heavy (non-hydrogen) atoms. The van der Waals surface area contributed by atoms with E-state index in [1.807, 2.05) is 0 Å². The van der Waals surface area contributed by atoms with Crippen LogP contribution >= 0.6 is 0 Å². The first-order valence-corrected chi connectivity index (χ1v) is 6.22. The Hall–Kier alpha value is -2.89. The van der Waals surface area contributed by atoms with Crippen molar-refractivity contribution in [1.29, 1.82) is 0 Å². The first kappa shape index (κ1) is 13.1. The van der Waals surface area contributed by atoms with Crippen LogP contribution in [0.3, 0.4) is 0 Å². The Morgan fingerprint density at radius 2 is 2.19 bits per heavy atom. The molecule has 1 aromatic carbocycles. The number of carboxylic acid groups (broad SMARTS) is 1. The highest BCUT2D eigenvalue weighted by molar-refractivity contribution is 5.86. The van der Waals surface area contributed by atoms with Gasteiger partial charge < -0.3 is 14.2 Å². The van der Waals surface area contributed by atoms with E-state index in [0.29, 0.717) is 17.0 Å². The summed E-state index contributed by atoms with van der Waals surface area (Å²) in [6, 6.07) is 9.50. The Labute approximate surface area is 119 Å². The second-order valence-corrected chi connectivity index (χ2v) is 4.45. The molecular weight excluding hydrogens is 275 g/mol. The first-order chi connectivity index (χ1) is 10.1. The van der Waals surface area contributed by atoms with Gasteiger partial charge in [-0.25, -0.2) is 14.2 Å². The minimum atomic E-state index is -1.10. The lowest BCUT2D eigenvalue weighted by Crippen LogP contribution is -1.98. The van der Waals surface area contributed by atoms with Crippen molar-refractivity contribution in [2.45, 2.75) is 6.61 Å². The van der Waals surface area contributed by atoms with Gasteiger partial charge in [-0.2, -0.15) is 0 Å². The van der Waals surface area contributed by atoms with Gasteiger partial charge >= 0.3 is 5.97 Å². The molecule has 1 N–H and O–H groups in total. The zero-order chi connectivity index (χ0) is 14.8. The molecule has 106 valence electrons. The van der Waals surface area contributed by atoms with Gasteiger partial charge in [-0.3, -0.25) is 0 Å². The number of pyridine rings is 1. The van der Waals surface area contributed by atoms with Crippen LogP contribution in [0.5, 0.6) is 5.75 Å². The van der Waals surface area contributed by atoms with Gasteiger partial charge in [0.25, 0.3) is 0 Å². The summed E-state index contributed by atoms with van der Waals surface area (Å²) < 4.78 is 20.3. The Balaban J connectivity index is 1.88. The number of rotatable bonds is 4. The summed E-state index contributed by atoms with van der Waals surface area (Å²) in [6.07, 6.45) is 3.09. The minimum absolute atomic E-state index is 0.0585. The van der Waals surface area contributed by atoms with Crippen LogP contribution in [0.1, 0.15) is 16.1 Å². The van der Waals surface area contributed by atoms with E-state index < -0.39 is 5.97 Å². The lowest BCUT2D eigenvalue weighted by Gasteiger charge is -2.07. The summed E-state index contributed by atoms with van der Waals surface area (Å²) in [4.78, 5) is 14.9. The van der Waals surface area contributed by atoms with Crippen molar-refractivity contribution in [3.8, 4) is 5.75 Å². The third-order valence-electron chi connectivity index (χ3n) is 2.95. The van der Waals surface area contributed by atoms with Crippen molar-refractivity contribution < 1.29 is 19.0 Å².